The third-order valence-corrected chi connectivity index (χ3v) is 5.78. The Labute approximate surface area is 193 Å². The van der Waals surface area contributed by atoms with E-state index in [0.29, 0.717) is 19.3 Å². The van der Waals surface area contributed by atoms with Crippen molar-refractivity contribution < 1.29 is 33.6 Å². The zero-order valence-electron chi connectivity index (χ0n) is 17.6. The number of aliphatic carboxylic acids is 1. The molecule has 1 aliphatic carbocycles. The second-order valence-corrected chi connectivity index (χ2v) is 8.12. The molecule has 8 heteroatoms. The van der Waals surface area contributed by atoms with Crippen molar-refractivity contribution in [2.45, 2.75) is 88.9 Å². The Balaban J connectivity index is 0.00000420. The summed E-state index contributed by atoms with van der Waals surface area (Å²) in [5.74, 6) is -1.87. The number of alkyl halides is 2. The Morgan fingerprint density at radius 3 is 2.72 bits per heavy atom. The van der Waals surface area contributed by atoms with Crippen LogP contribution in [0.2, 0.25) is 0 Å². The molecule has 1 radical (unpaired) electrons. The van der Waals surface area contributed by atoms with Gasteiger partial charge in [0.25, 0.3) is 0 Å². The van der Waals surface area contributed by atoms with E-state index in [4.69, 9.17) is 9.84 Å². The van der Waals surface area contributed by atoms with Gasteiger partial charge in [-0.2, -0.15) is 0 Å². The molecule has 2 aliphatic rings. The van der Waals surface area contributed by atoms with Crippen molar-refractivity contribution in [3.05, 3.63) is 24.0 Å². The summed E-state index contributed by atoms with van der Waals surface area (Å²) in [6.45, 7) is 3.29. The molecule has 1 saturated heterocycles. The fraction of sp³-hybridized carbons (Fsp3) is 0.762. The van der Waals surface area contributed by atoms with E-state index < -0.39 is 48.0 Å². The van der Waals surface area contributed by atoms with Gasteiger partial charge in [-0.25, -0.2) is 8.78 Å². The molecular weight excluding hydrogens is 393 g/mol. The van der Waals surface area contributed by atoms with Gasteiger partial charge >= 0.3 is 5.97 Å². The van der Waals surface area contributed by atoms with Crippen molar-refractivity contribution in [3.63, 3.8) is 0 Å². The van der Waals surface area contributed by atoms with Crippen LogP contribution in [0, 0.1) is 11.8 Å². The summed E-state index contributed by atoms with van der Waals surface area (Å²) < 4.78 is 35.1. The van der Waals surface area contributed by atoms with Gasteiger partial charge in [-0.1, -0.05) is 31.9 Å². The molecule has 2 rings (SSSR count). The summed E-state index contributed by atoms with van der Waals surface area (Å²) in [6, 6.07) is 0. The molecule has 0 aromatic rings. The monoisotopic (exact) mass is 425 g/mol. The number of halogens is 2. The van der Waals surface area contributed by atoms with Gasteiger partial charge in [0.1, 0.15) is 23.6 Å². The van der Waals surface area contributed by atoms with Crippen molar-refractivity contribution in [2.24, 2.45) is 11.8 Å². The summed E-state index contributed by atoms with van der Waals surface area (Å²) in [7, 11) is 0. The van der Waals surface area contributed by atoms with E-state index in [1.165, 1.54) is 19.1 Å². The average Bonchev–Trinajstić information content (AvgIpc) is 3.09. The molecule has 2 fully saturated rings. The molecule has 0 aromatic heterocycles. The van der Waals surface area contributed by atoms with Gasteiger partial charge in [0.05, 0.1) is 6.10 Å². The molecule has 0 spiro atoms. The van der Waals surface area contributed by atoms with E-state index >= 15 is 0 Å². The Kier molecular flexibility index (Phi) is 10.8. The number of carbonyl (C=O) groups is 1. The molecule has 1 saturated carbocycles. The maximum atomic E-state index is 14.9. The van der Waals surface area contributed by atoms with E-state index in [-0.39, 0.29) is 54.6 Å². The number of fused-ring (bicyclic) bond motifs is 1. The van der Waals surface area contributed by atoms with Crippen LogP contribution < -0.4 is 0 Å². The molecule has 0 amide bonds. The predicted octanol–water partition coefficient (Wildman–Crippen LogP) is 3.31. The van der Waals surface area contributed by atoms with Crippen LogP contribution in [0.1, 0.15) is 58.8 Å². The molecule has 1 aliphatic heterocycles. The smallest absolute Gasteiger partial charge is 0.303 e. The zero-order valence-corrected chi connectivity index (χ0v) is 19.6. The van der Waals surface area contributed by atoms with Crippen molar-refractivity contribution in [1.29, 1.82) is 0 Å². The number of allylic oxidation sites excluding steroid dienone is 2. The number of hydrogen-bond acceptors (Lipinski definition) is 4. The normalized spacial score (nSPS) is 33.2. The summed E-state index contributed by atoms with van der Waals surface area (Å²) >= 11 is 0. The molecule has 29 heavy (non-hydrogen) atoms. The molecule has 3 N–H and O–H groups in total. The van der Waals surface area contributed by atoms with Gasteiger partial charge in [-0.15, -0.1) is 0 Å². The first kappa shape index (κ1) is 26.6. The molecular formula is C21H32F2NaO5. The van der Waals surface area contributed by atoms with Gasteiger partial charge in [-0.05, 0) is 32.3 Å². The number of carboxylic acid groups (broad SMARTS) is 1. The third kappa shape index (κ3) is 7.03. The topological polar surface area (TPSA) is 87.0 Å². The predicted molar refractivity (Wildman–Crippen MR) is 107 cm³/mol. The molecule has 7 atom stereocenters. The fourth-order valence-electron chi connectivity index (χ4n) is 4.02. The zero-order chi connectivity index (χ0) is 20.9. The van der Waals surface area contributed by atoms with Crippen molar-refractivity contribution in [1.82, 2.24) is 0 Å². The molecule has 0 bridgehead atoms. The standard InChI is InChI=1S/C21H32F2O5.Na/c1-3-4-11-21(2,23)17(25)10-9-13-14(24)12-16-19(13)20(22)15(28-16)7-5-6-8-18(26)27;/h7,9-10,13-14,16-17,19-20,24-25H,3-6,8,11-12H2,1-2H3,(H,26,27);/t13-,14+,16-,17+,19+,20?,21?;/m0./s1. The van der Waals surface area contributed by atoms with Crippen LogP contribution in [0.3, 0.4) is 0 Å². The van der Waals surface area contributed by atoms with Crippen LogP contribution >= 0.6 is 0 Å². The number of hydrogen-bond donors (Lipinski definition) is 3. The maximum Gasteiger partial charge on any atom is 0.303 e. The minimum absolute atomic E-state index is 0. The first-order valence-electron chi connectivity index (χ1n) is 10.1. The SMILES string of the molecule is CCCCC(C)(F)[C@H](O)C=C[C@@H]1[C@H]2C(F)C(=CCCCC(=O)O)O[C@H]2C[C@H]1O.[Na]. The van der Waals surface area contributed by atoms with Crippen LogP contribution in [-0.2, 0) is 9.53 Å². The Morgan fingerprint density at radius 1 is 1.41 bits per heavy atom. The largest absolute Gasteiger partial charge is 0.491 e. The maximum absolute atomic E-state index is 14.9. The first-order valence-corrected chi connectivity index (χ1v) is 10.1. The number of rotatable bonds is 10. The second kappa shape index (κ2) is 11.8. The molecule has 161 valence electrons. The van der Waals surface area contributed by atoms with Gasteiger partial charge < -0.3 is 20.1 Å². The van der Waals surface area contributed by atoms with Crippen molar-refractivity contribution in [3.8, 4) is 0 Å². The number of aliphatic hydroxyl groups excluding tert-OH is 2. The summed E-state index contributed by atoms with van der Waals surface area (Å²) in [5.41, 5.74) is -1.77. The summed E-state index contributed by atoms with van der Waals surface area (Å²) in [4.78, 5) is 10.5. The van der Waals surface area contributed by atoms with Crippen LogP contribution in [0.4, 0.5) is 8.78 Å². The Morgan fingerprint density at radius 2 is 2.10 bits per heavy atom. The minimum atomic E-state index is -1.77. The van der Waals surface area contributed by atoms with E-state index in [1.807, 2.05) is 6.92 Å². The average molecular weight is 425 g/mol. The second-order valence-electron chi connectivity index (χ2n) is 8.12. The van der Waals surface area contributed by atoms with Crippen LogP contribution in [0.15, 0.2) is 24.0 Å². The van der Waals surface area contributed by atoms with Gasteiger partial charge in [0.2, 0.25) is 0 Å². The number of ether oxygens (including phenoxy) is 1. The van der Waals surface area contributed by atoms with E-state index in [9.17, 15) is 23.8 Å². The number of aliphatic hydroxyl groups is 2. The molecule has 0 aromatic carbocycles. The van der Waals surface area contributed by atoms with Crippen molar-refractivity contribution in [2.75, 3.05) is 0 Å². The van der Waals surface area contributed by atoms with Crippen LogP contribution in [-0.4, -0.2) is 81.0 Å². The van der Waals surface area contributed by atoms with Crippen LogP contribution in [0.25, 0.3) is 0 Å². The minimum Gasteiger partial charge on any atom is -0.491 e. The molecule has 5 nitrogen and oxygen atoms in total. The summed E-state index contributed by atoms with van der Waals surface area (Å²) in [6.07, 6.45) is 3.20. The third-order valence-electron chi connectivity index (χ3n) is 5.78. The number of carboxylic acids is 1. The quantitative estimate of drug-likeness (QED) is 0.284. The van der Waals surface area contributed by atoms with Crippen LogP contribution in [0.5, 0.6) is 0 Å². The molecule has 2 unspecified atom stereocenters. The first-order chi connectivity index (χ1) is 13.2. The van der Waals surface area contributed by atoms with E-state index in [0.717, 1.165) is 6.42 Å². The van der Waals surface area contributed by atoms with Gasteiger partial charge in [-0.3, -0.25) is 4.79 Å². The Bertz CT molecular complexity index is 596. The van der Waals surface area contributed by atoms with Gasteiger partial charge in [0.15, 0.2) is 6.17 Å². The van der Waals surface area contributed by atoms with Crippen molar-refractivity contribution >= 4 is 35.5 Å². The van der Waals surface area contributed by atoms with E-state index in [1.54, 1.807) is 6.08 Å². The fourth-order valence-corrected chi connectivity index (χ4v) is 4.02. The summed E-state index contributed by atoms with van der Waals surface area (Å²) in [5, 5.41) is 29.1. The number of unbranched alkanes of at least 4 members (excludes halogenated alkanes) is 2. The van der Waals surface area contributed by atoms with Gasteiger partial charge in [0, 0.05) is 54.2 Å². The van der Waals surface area contributed by atoms with E-state index in [2.05, 4.69) is 0 Å². The Hall–Kier alpha value is -0.470. The molecule has 1 heterocycles.